The van der Waals surface area contributed by atoms with Crippen LogP contribution in [0.15, 0.2) is 78.9 Å². The minimum Gasteiger partial charge on any atom is -0.462 e. The molecule has 38 heavy (non-hydrogen) atoms. The van der Waals surface area contributed by atoms with Crippen LogP contribution in [-0.2, 0) is 27.3 Å². The van der Waals surface area contributed by atoms with Crippen molar-refractivity contribution in [3.8, 4) is 0 Å². The van der Waals surface area contributed by atoms with Crippen LogP contribution < -0.4 is 5.32 Å². The van der Waals surface area contributed by atoms with E-state index < -0.39 is 12.0 Å². The van der Waals surface area contributed by atoms with E-state index in [1.165, 1.54) is 0 Å². The Hall–Kier alpha value is -3.75. The van der Waals surface area contributed by atoms with Gasteiger partial charge in [-0.05, 0) is 73.1 Å². The van der Waals surface area contributed by atoms with Crippen LogP contribution in [0.25, 0.3) is 0 Å². The summed E-state index contributed by atoms with van der Waals surface area (Å²) in [4.78, 5) is 41.8. The highest BCUT2D eigenvalue weighted by Crippen LogP contribution is 2.24. The molecule has 2 amide bonds. The molecule has 3 aromatic carbocycles. The van der Waals surface area contributed by atoms with Crippen molar-refractivity contribution >= 4 is 52.4 Å². The molecule has 196 valence electrons. The topological polar surface area (TPSA) is 78.9 Å². The highest BCUT2D eigenvalue weighted by atomic mass is 35.5. The van der Waals surface area contributed by atoms with E-state index in [9.17, 15) is 14.4 Å². The fraction of sp³-hybridized carbons (Fsp3) is 0.241. The van der Waals surface area contributed by atoms with Crippen molar-refractivity contribution in [1.29, 1.82) is 0 Å². The minimum atomic E-state index is -0.725. The standard InChI is InChI=1S/C29H28ClN3O4S/c1-2-37-28(36)22-10-14-24(15-11-22)31-26(34)18-25-27(35)33(19-21-6-4-3-5-7-21)29(38)32(25)17-16-20-8-12-23(30)13-9-20/h3-15,25H,2,16-19H2,1H3,(H,31,34)/t25-/m1/s1. The Bertz CT molecular complexity index is 1300. The van der Waals surface area contributed by atoms with Crippen LogP contribution in [-0.4, -0.2) is 51.9 Å². The maximum atomic E-state index is 13.5. The van der Waals surface area contributed by atoms with Crippen LogP contribution in [0, 0.1) is 0 Å². The zero-order valence-corrected chi connectivity index (χ0v) is 22.5. The SMILES string of the molecule is CCOC(=O)c1ccc(NC(=O)C[C@@H]2C(=O)N(Cc3ccccc3)C(=S)N2CCc2ccc(Cl)cc2)cc1. The van der Waals surface area contributed by atoms with E-state index in [4.69, 9.17) is 28.6 Å². The van der Waals surface area contributed by atoms with E-state index in [-0.39, 0.29) is 24.8 Å². The van der Waals surface area contributed by atoms with Gasteiger partial charge in [-0.2, -0.15) is 0 Å². The number of thiocarbonyl (C=S) groups is 1. The summed E-state index contributed by atoms with van der Waals surface area (Å²) in [5.74, 6) is -0.957. The number of amides is 2. The summed E-state index contributed by atoms with van der Waals surface area (Å²) in [5, 5.41) is 3.88. The zero-order valence-electron chi connectivity index (χ0n) is 20.9. The normalized spacial score (nSPS) is 15.1. The van der Waals surface area contributed by atoms with Crippen molar-refractivity contribution in [2.45, 2.75) is 32.4 Å². The molecule has 1 heterocycles. The fourth-order valence-electron chi connectivity index (χ4n) is 4.25. The van der Waals surface area contributed by atoms with Gasteiger partial charge in [0.1, 0.15) is 6.04 Å². The number of carbonyl (C=O) groups is 3. The fourth-order valence-corrected chi connectivity index (χ4v) is 4.75. The van der Waals surface area contributed by atoms with Crippen LogP contribution in [0.2, 0.25) is 5.02 Å². The highest BCUT2D eigenvalue weighted by molar-refractivity contribution is 7.80. The second-order valence-electron chi connectivity index (χ2n) is 8.83. The van der Waals surface area contributed by atoms with Gasteiger partial charge in [0.05, 0.1) is 25.1 Å². The monoisotopic (exact) mass is 549 g/mol. The molecule has 1 N–H and O–H groups in total. The molecule has 0 saturated carbocycles. The molecule has 1 saturated heterocycles. The third-order valence-electron chi connectivity index (χ3n) is 6.20. The predicted molar refractivity (Wildman–Crippen MR) is 151 cm³/mol. The molecule has 1 aliphatic rings. The summed E-state index contributed by atoms with van der Waals surface area (Å²) in [6.45, 7) is 2.83. The number of hydrogen-bond donors (Lipinski definition) is 1. The van der Waals surface area contributed by atoms with Gasteiger partial charge in [0.15, 0.2) is 5.11 Å². The number of hydrogen-bond acceptors (Lipinski definition) is 5. The number of nitrogens with zero attached hydrogens (tertiary/aromatic N) is 2. The van der Waals surface area contributed by atoms with E-state index in [1.54, 1.807) is 36.1 Å². The molecule has 0 aliphatic carbocycles. The third kappa shape index (κ3) is 6.76. The van der Waals surface area contributed by atoms with Gasteiger partial charge >= 0.3 is 5.97 Å². The van der Waals surface area contributed by atoms with Crippen molar-refractivity contribution in [2.75, 3.05) is 18.5 Å². The van der Waals surface area contributed by atoms with E-state index in [2.05, 4.69) is 5.32 Å². The lowest BCUT2D eigenvalue weighted by molar-refractivity contribution is -0.131. The van der Waals surface area contributed by atoms with Crippen molar-refractivity contribution in [3.63, 3.8) is 0 Å². The molecule has 4 rings (SSSR count). The molecule has 0 unspecified atom stereocenters. The Morgan fingerprint density at radius 2 is 1.66 bits per heavy atom. The van der Waals surface area contributed by atoms with E-state index in [1.807, 2.05) is 59.5 Å². The summed E-state index contributed by atoms with van der Waals surface area (Å²) in [6, 6.07) is 22.8. The lowest BCUT2D eigenvalue weighted by atomic mass is 10.1. The number of carbonyl (C=O) groups excluding carboxylic acids is 3. The number of ether oxygens (including phenoxy) is 1. The van der Waals surface area contributed by atoms with Crippen LogP contribution in [0.5, 0.6) is 0 Å². The molecule has 1 aliphatic heterocycles. The van der Waals surface area contributed by atoms with Gasteiger partial charge in [-0.3, -0.25) is 14.5 Å². The van der Waals surface area contributed by atoms with Crippen molar-refractivity contribution in [2.24, 2.45) is 0 Å². The molecule has 1 fully saturated rings. The molecular formula is C29H28ClN3O4S. The Kier molecular flexibility index (Phi) is 9.10. The average molecular weight is 550 g/mol. The van der Waals surface area contributed by atoms with Gasteiger partial charge in [0.25, 0.3) is 5.91 Å². The second kappa shape index (κ2) is 12.7. The molecule has 0 radical (unpaired) electrons. The molecule has 7 nitrogen and oxygen atoms in total. The van der Waals surface area contributed by atoms with Crippen molar-refractivity contribution in [3.05, 3.63) is 101 Å². The summed E-state index contributed by atoms with van der Waals surface area (Å²) in [6.07, 6.45) is 0.571. The maximum absolute atomic E-state index is 13.5. The zero-order chi connectivity index (χ0) is 27.1. The van der Waals surface area contributed by atoms with Gasteiger partial charge in [-0.15, -0.1) is 0 Å². The van der Waals surface area contributed by atoms with Gasteiger partial charge in [0.2, 0.25) is 5.91 Å². The minimum absolute atomic E-state index is 0.0650. The van der Waals surface area contributed by atoms with Gasteiger partial charge in [-0.25, -0.2) is 4.79 Å². The first-order valence-corrected chi connectivity index (χ1v) is 13.1. The predicted octanol–water partition coefficient (Wildman–Crippen LogP) is 5.09. The Morgan fingerprint density at radius 1 is 0.974 bits per heavy atom. The average Bonchev–Trinajstić information content (AvgIpc) is 3.13. The molecule has 3 aromatic rings. The first-order valence-electron chi connectivity index (χ1n) is 12.3. The largest absolute Gasteiger partial charge is 0.462 e. The molecule has 0 spiro atoms. The first kappa shape index (κ1) is 27.3. The molecule has 0 aromatic heterocycles. The lowest BCUT2D eigenvalue weighted by Gasteiger charge is -2.24. The maximum Gasteiger partial charge on any atom is 0.338 e. The van der Waals surface area contributed by atoms with Crippen molar-refractivity contribution < 1.29 is 19.1 Å². The number of esters is 1. The van der Waals surface area contributed by atoms with Crippen LogP contribution in [0.3, 0.4) is 0 Å². The lowest BCUT2D eigenvalue weighted by Crippen LogP contribution is -2.39. The van der Waals surface area contributed by atoms with Gasteiger partial charge < -0.3 is 15.0 Å². The number of rotatable bonds is 10. The molecular weight excluding hydrogens is 522 g/mol. The van der Waals surface area contributed by atoms with E-state index >= 15 is 0 Å². The quantitative estimate of drug-likeness (QED) is 0.280. The number of halogens is 1. The molecule has 9 heteroatoms. The number of benzene rings is 3. The van der Waals surface area contributed by atoms with Crippen LogP contribution in [0.1, 0.15) is 34.8 Å². The van der Waals surface area contributed by atoms with Crippen molar-refractivity contribution in [1.82, 2.24) is 9.80 Å². The molecule has 0 bridgehead atoms. The van der Waals surface area contributed by atoms with Crippen LogP contribution >= 0.6 is 23.8 Å². The van der Waals surface area contributed by atoms with Gasteiger partial charge in [-0.1, -0.05) is 54.1 Å². The number of nitrogens with one attached hydrogen (secondary N) is 1. The summed E-state index contributed by atoms with van der Waals surface area (Å²) in [7, 11) is 0. The van der Waals surface area contributed by atoms with Gasteiger partial charge in [0, 0.05) is 17.3 Å². The second-order valence-corrected chi connectivity index (χ2v) is 9.63. The van der Waals surface area contributed by atoms with Crippen LogP contribution in [0.4, 0.5) is 5.69 Å². The summed E-state index contributed by atoms with van der Waals surface area (Å²) in [5.41, 5.74) is 2.92. The smallest absolute Gasteiger partial charge is 0.338 e. The molecule has 1 atom stereocenters. The Morgan fingerprint density at radius 3 is 2.32 bits per heavy atom. The van der Waals surface area contributed by atoms with E-state index in [0.717, 1.165) is 11.1 Å². The summed E-state index contributed by atoms with van der Waals surface area (Å²) >= 11 is 11.7. The van der Waals surface area contributed by atoms with E-state index in [0.29, 0.717) is 40.9 Å². The Balaban J connectivity index is 1.47. The highest BCUT2D eigenvalue weighted by Gasteiger charge is 2.43. The summed E-state index contributed by atoms with van der Waals surface area (Å²) < 4.78 is 4.99. The Labute approximate surface area is 232 Å². The first-order chi connectivity index (χ1) is 18.4. The third-order valence-corrected chi connectivity index (χ3v) is 6.91. The number of anilines is 1.